The van der Waals surface area contributed by atoms with Crippen LogP contribution in [-0.4, -0.2) is 14.8 Å². The third kappa shape index (κ3) is 1.37. The Morgan fingerprint density at radius 2 is 2.33 bits per heavy atom. The van der Waals surface area contributed by atoms with Crippen LogP contribution in [-0.2, 0) is 7.05 Å². The lowest BCUT2D eigenvalue weighted by Gasteiger charge is -1.94. The molecule has 0 spiro atoms. The fourth-order valence-electron chi connectivity index (χ4n) is 1.44. The van der Waals surface area contributed by atoms with Gasteiger partial charge in [0.25, 0.3) is 0 Å². The highest BCUT2D eigenvalue weighted by molar-refractivity contribution is 7.71. The molecule has 0 amide bonds. The van der Waals surface area contributed by atoms with Crippen LogP contribution in [0.4, 0.5) is 0 Å². The van der Waals surface area contributed by atoms with Gasteiger partial charge in [-0.3, -0.25) is 5.10 Å². The van der Waals surface area contributed by atoms with E-state index in [9.17, 15) is 0 Å². The summed E-state index contributed by atoms with van der Waals surface area (Å²) in [6, 6.07) is 4.30. The van der Waals surface area contributed by atoms with E-state index < -0.39 is 0 Å². The van der Waals surface area contributed by atoms with Crippen LogP contribution in [0.3, 0.4) is 0 Å². The van der Waals surface area contributed by atoms with Crippen LogP contribution >= 0.6 is 34.9 Å². The Kier molecular flexibility index (Phi) is 2.01. The second kappa shape index (κ2) is 3.26. The van der Waals surface area contributed by atoms with Gasteiger partial charge in [0, 0.05) is 16.4 Å². The Morgan fingerprint density at radius 3 is 3.00 bits per heavy atom. The van der Waals surface area contributed by atoms with E-state index in [0.717, 1.165) is 10.7 Å². The lowest BCUT2D eigenvalue weighted by Crippen LogP contribution is -1.89. The Morgan fingerprint density at radius 1 is 1.47 bits per heavy atom. The van der Waals surface area contributed by atoms with Gasteiger partial charge in [-0.15, -0.1) is 22.7 Å². The van der Waals surface area contributed by atoms with Crippen molar-refractivity contribution < 1.29 is 0 Å². The monoisotopic (exact) mass is 253 g/mol. The topological polar surface area (TPSA) is 33.6 Å². The highest BCUT2D eigenvalue weighted by atomic mass is 32.1. The lowest BCUT2D eigenvalue weighted by atomic mass is 10.4. The number of hydrogen-bond donors (Lipinski definition) is 1. The van der Waals surface area contributed by atoms with Gasteiger partial charge in [-0.05, 0) is 29.7 Å². The third-order valence-electron chi connectivity index (χ3n) is 2.24. The van der Waals surface area contributed by atoms with Crippen molar-refractivity contribution in [3.05, 3.63) is 22.3 Å². The predicted octanol–water partition coefficient (Wildman–Crippen LogP) is 3.42. The fraction of sp³-hybridized carbons (Fsp3) is 0.111. The number of H-pyrrole nitrogens is 1. The van der Waals surface area contributed by atoms with Gasteiger partial charge in [0.1, 0.15) is 0 Å². The maximum atomic E-state index is 5.09. The van der Waals surface area contributed by atoms with Crippen LogP contribution in [0, 0.1) is 4.77 Å². The molecule has 0 radical (unpaired) electrons. The molecule has 0 aliphatic heterocycles. The van der Waals surface area contributed by atoms with Crippen LogP contribution in [0.1, 0.15) is 0 Å². The van der Waals surface area contributed by atoms with E-state index in [1.807, 2.05) is 11.6 Å². The zero-order chi connectivity index (χ0) is 10.4. The summed E-state index contributed by atoms with van der Waals surface area (Å²) in [6.45, 7) is 0. The maximum Gasteiger partial charge on any atom is 0.195 e. The van der Waals surface area contributed by atoms with E-state index in [4.69, 9.17) is 12.2 Å². The summed E-state index contributed by atoms with van der Waals surface area (Å²) in [5.41, 5.74) is 0. The Hall–Kier alpha value is -0.980. The van der Waals surface area contributed by atoms with Crippen molar-refractivity contribution in [1.29, 1.82) is 0 Å². The van der Waals surface area contributed by atoms with E-state index >= 15 is 0 Å². The molecule has 0 aromatic carbocycles. The van der Waals surface area contributed by atoms with Crippen molar-refractivity contribution in [2.45, 2.75) is 0 Å². The van der Waals surface area contributed by atoms with Crippen molar-refractivity contribution in [2.24, 2.45) is 7.05 Å². The average molecular weight is 253 g/mol. The molecule has 76 valence electrons. The molecule has 0 unspecified atom stereocenters. The predicted molar refractivity (Wildman–Crippen MR) is 67.1 cm³/mol. The van der Waals surface area contributed by atoms with E-state index in [1.165, 1.54) is 9.40 Å². The summed E-state index contributed by atoms with van der Waals surface area (Å²) >= 11 is 8.58. The molecule has 0 bridgehead atoms. The molecule has 3 aromatic heterocycles. The second-order valence-electron chi connectivity index (χ2n) is 3.17. The number of hydrogen-bond acceptors (Lipinski definition) is 4. The SMILES string of the molecule is Cn1c(-c2cc3sccc3s2)n[nH]c1=S. The molecule has 0 fully saturated rings. The van der Waals surface area contributed by atoms with Gasteiger partial charge < -0.3 is 4.57 Å². The molecule has 0 aliphatic carbocycles. The molecule has 6 heteroatoms. The first kappa shape index (κ1) is 9.26. The standard InChI is InChI=1S/C9H7N3S3/c1-12-8(10-11-9(12)13)7-4-6-5(15-7)2-3-14-6/h2-4H,1H3,(H,11,13). The summed E-state index contributed by atoms with van der Waals surface area (Å²) in [4.78, 5) is 1.16. The highest BCUT2D eigenvalue weighted by Gasteiger charge is 2.10. The first-order valence-corrected chi connectivity index (χ1v) is 6.45. The normalized spacial score (nSPS) is 11.3. The Balaban J connectivity index is 2.26. The maximum absolute atomic E-state index is 5.09. The van der Waals surface area contributed by atoms with Crippen LogP contribution < -0.4 is 0 Å². The van der Waals surface area contributed by atoms with Crippen molar-refractivity contribution >= 4 is 44.3 Å². The average Bonchev–Trinajstić information content (AvgIpc) is 2.82. The molecule has 0 aliphatic rings. The highest BCUT2D eigenvalue weighted by Crippen LogP contribution is 2.35. The number of aromatic amines is 1. The van der Waals surface area contributed by atoms with Crippen molar-refractivity contribution in [1.82, 2.24) is 14.8 Å². The van der Waals surface area contributed by atoms with Gasteiger partial charge in [-0.1, -0.05) is 0 Å². The molecule has 15 heavy (non-hydrogen) atoms. The second-order valence-corrected chi connectivity index (χ2v) is 5.59. The van der Waals surface area contributed by atoms with E-state index in [2.05, 4.69) is 27.7 Å². The molecule has 1 N–H and O–H groups in total. The summed E-state index contributed by atoms with van der Waals surface area (Å²) in [5, 5.41) is 9.12. The summed E-state index contributed by atoms with van der Waals surface area (Å²) < 4.78 is 5.17. The largest absolute Gasteiger partial charge is 0.303 e. The number of thiophene rings is 2. The molecular weight excluding hydrogens is 246 g/mol. The third-order valence-corrected chi connectivity index (χ3v) is 4.69. The van der Waals surface area contributed by atoms with E-state index in [-0.39, 0.29) is 0 Å². The molecule has 0 atom stereocenters. The zero-order valence-corrected chi connectivity index (χ0v) is 10.3. The molecule has 3 nitrogen and oxygen atoms in total. The molecule has 0 saturated heterocycles. The number of aromatic nitrogens is 3. The summed E-state index contributed by atoms with van der Waals surface area (Å²) in [7, 11) is 1.93. The Labute approximate surface area is 99.0 Å². The van der Waals surface area contributed by atoms with Gasteiger partial charge >= 0.3 is 0 Å². The van der Waals surface area contributed by atoms with Gasteiger partial charge in [-0.2, -0.15) is 5.10 Å². The quantitative estimate of drug-likeness (QED) is 0.674. The molecular formula is C9H7N3S3. The van der Waals surface area contributed by atoms with Gasteiger partial charge in [-0.25, -0.2) is 0 Å². The summed E-state index contributed by atoms with van der Waals surface area (Å²) in [5.74, 6) is 0.911. The number of nitrogens with one attached hydrogen (secondary N) is 1. The zero-order valence-electron chi connectivity index (χ0n) is 7.85. The smallest absolute Gasteiger partial charge is 0.195 e. The number of rotatable bonds is 1. The molecule has 3 aromatic rings. The Bertz CT molecular complexity index is 641. The van der Waals surface area contributed by atoms with Crippen LogP contribution in [0.2, 0.25) is 0 Å². The molecule has 3 heterocycles. The first-order valence-electron chi connectivity index (χ1n) is 4.34. The van der Waals surface area contributed by atoms with Crippen molar-refractivity contribution in [3.63, 3.8) is 0 Å². The van der Waals surface area contributed by atoms with E-state index in [0.29, 0.717) is 4.77 Å². The molecule has 3 rings (SSSR count). The number of fused-ring (bicyclic) bond motifs is 1. The summed E-state index contributed by atoms with van der Waals surface area (Å²) in [6.07, 6.45) is 0. The minimum atomic E-state index is 0.654. The van der Waals surface area contributed by atoms with Gasteiger partial charge in [0.2, 0.25) is 0 Å². The van der Waals surface area contributed by atoms with Crippen LogP contribution in [0.15, 0.2) is 17.5 Å². The van der Waals surface area contributed by atoms with E-state index in [1.54, 1.807) is 22.7 Å². The van der Waals surface area contributed by atoms with Gasteiger partial charge in [0.05, 0.1) is 4.88 Å². The van der Waals surface area contributed by atoms with Crippen LogP contribution in [0.25, 0.3) is 20.1 Å². The first-order chi connectivity index (χ1) is 7.25. The van der Waals surface area contributed by atoms with Crippen molar-refractivity contribution in [2.75, 3.05) is 0 Å². The number of nitrogens with zero attached hydrogens (tertiary/aromatic N) is 2. The minimum absolute atomic E-state index is 0.654. The minimum Gasteiger partial charge on any atom is -0.303 e. The molecule has 0 saturated carbocycles. The lowest BCUT2D eigenvalue weighted by molar-refractivity contribution is 0.904. The fourth-order valence-corrected chi connectivity index (χ4v) is 3.71. The van der Waals surface area contributed by atoms with Crippen LogP contribution in [0.5, 0.6) is 0 Å². The van der Waals surface area contributed by atoms with Crippen molar-refractivity contribution in [3.8, 4) is 10.7 Å². The van der Waals surface area contributed by atoms with Gasteiger partial charge in [0.15, 0.2) is 10.6 Å².